The number of nitrogens with one attached hydrogen (secondary N) is 1. The van der Waals surface area contributed by atoms with Gasteiger partial charge in [-0.15, -0.1) is 0 Å². The Morgan fingerprint density at radius 2 is 1.96 bits per heavy atom. The fourth-order valence-electron chi connectivity index (χ4n) is 2.06. The van der Waals surface area contributed by atoms with Crippen LogP contribution in [0.25, 0.3) is 11.0 Å². The lowest BCUT2D eigenvalue weighted by Gasteiger charge is -2.09. The fraction of sp³-hybridized carbons (Fsp3) is 0.0588. The largest absolute Gasteiger partial charge is 0.484 e. The van der Waals surface area contributed by atoms with Gasteiger partial charge in [0.25, 0.3) is 5.91 Å². The number of carbonyl (C=O) groups is 1. The zero-order chi connectivity index (χ0) is 17.1. The Morgan fingerprint density at radius 3 is 2.79 bits per heavy atom. The third-order valence-corrected chi connectivity index (χ3v) is 3.40. The topological polar surface area (TPSA) is 68.5 Å². The monoisotopic (exact) mass is 347 g/mol. The van der Waals surface area contributed by atoms with Gasteiger partial charge >= 0.3 is 5.63 Å². The van der Waals surface area contributed by atoms with Crippen LogP contribution in [0.2, 0.25) is 5.02 Å². The molecule has 1 heterocycles. The molecule has 2 aromatic carbocycles. The molecule has 5 nitrogen and oxygen atoms in total. The highest BCUT2D eigenvalue weighted by Gasteiger charge is 2.09. The van der Waals surface area contributed by atoms with Gasteiger partial charge in [0.2, 0.25) is 0 Å². The van der Waals surface area contributed by atoms with Gasteiger partial charge in [-0.05, 0) is 36.4 Å². The van der Waals surface area contributed by atoms with Gasteiger partial charge in [-0.1, -0.05) is 11.6 Å². The second kappa shape index (κ2) is 6.72. The van der Waals surface area contributed by atoms with Crippen LogP contribution in [0.1, 0.15) is 0 Å². The summed E-state index contributed by atoms with van der Waals surface area (Å²) in [6.07, 6.45) is 0. The summed E-state index contributed by atoms with van der Waals surface area (Å²) in [7, 11) is 0. The number of fused-ring (bicyclic) bond motifs is 1. The molecular weight excluding hydrogens is 337 g/mol. The van der Waals surface area contributed by atoms with Gasteiger partial charge in [-0.25, -0.2) is 9.18 Å². The summed E-state index contributed by atoms with van der Waals surface area (Å²) in [6, 6.07) is 11.6. The maximum Gasteiger partial charge on any atom is 0.336 e. The van der Waals surface area contributed by atoms with E-state index in [1.165, 1.54) is 24.3 Å². The van der Waals surface area contributed by atoms with Crippen molar-refractivity contribution < 1.29 is 18.3 Å². The summed E-state index contributed by atoms with van der Waals surface area (Å²) in [5.74, 6) is -0.801. The average Bonchev–Trinajstić information content (AvgIpc) is 2.56. The number of halogens is 2. The van der Waals surface area contributed by atoms with Gasteiger partial charge in [0.05, 0.1) is 5.69 Å². The summed E-state index contributed by atoms with van der Waals surface area (Å²) in [5, 5.41) is 3.40. The zero-order valence-corrected chi connectivity index (χ0v) is 13.0. The van der Waals surface area contributed by atoms with Gasteiger partial charge in [0.1, 0.15) is 17.1 Å². The van der Waals surface area contributed by atoms with Crippen molar-refractivity contribution in [3.05, 3.63) is 69.8 Å². The van der Waals surface area contributed by atoms with Crippen molar-refractivity contribution in [3.63, 3.8) is 0 Å². The number of ether oxygens (including phenoxy) is 1. The minimum atomic E-state index is -0.597. The van der Waals surface area contributed by atoms with Gasteiger partial charge in [0.15, 0.2) is 6.61 Å². The molecule has 0 bridgehead atoms. The van der Waals surface area contributed by atoms with E-state index in [0.717, 1.165) is 11.5 Å². The molecule has 0 atom stereocenters. The van der Waals surface area contributed by atoms with E-state index in [-0.39, 0.29) is 12.3 Å². The van der Waals surface area contributed by atoms with E-state index >= 15 is 0 Å². The van der Waals surface area contributed by atoms with Crippen LogP contribution in [0.3, 0.4) is 0 Å². The smallest absolute Gasteiger partial charge is 0.336 e. The number of benzene rings is 2. The van der Waals surface area contributed by atoms with Crippen LogP contribution >= 0.6 is 11.6 Å². The molecule has 1 amide bonds. The molecular formula is C17H11ClFNO4. The molecule has 7 heteroatoms. The van der Waals surface area contributed by atoms with Crippen LogP contribution in [0.4, 0.5) is 10.1 Å². The van der Waals surface area contributed by atoms with Crippen molar-refractivity contribution in [2.75, 3.05) is 11.9 Å². The first-order valence-electron chi connectivity index (χ1n) is 6.93. The molecule has 0 aliphatic heterocycles. The molecule has 122 valence electrons. The highest BCUT2D eigenvalue weighted by atomic mass is 35.5. The van der Waals surface area contributed by atoms with E-state index in [1.54, 1.807) is 18.2 Å². The maximum atomic E-state index is 13.5. The van der Waals surface area contributed by atoms with E-state index in [4.69, 9.17) is 20.8 Å². The Hall–Kier alpha value is -2.86. The number of anilines is 1. The van der Waals surface area contributed by atoms with Crippen LogP contribution in [-0.4, -0.2) is 12.5 Å². The third kappa shape index (κ3) is 3.72. The predicted octanol–water partition coefficient (Wildman–Crippen LogP) is 3.60. The SMILES string of the molecule is O=C(COc1ccc2ccc(=O)oc2c1)Nc1cc(Cl)ccc1F. The minimum Gasteiger partial charge on any atom is -0.484 e. The normalized spacial score (nSPS) is 10.6. The van der Waals surface area contributed by atoms with Crippen molar-refractivity contribution >= 4 is 34.2 Å². The lowest BCUT2D eigenvalue weighted by Crippen LogP contribution is -2.20. The van der Waals surface area contributed by atoms with Crippen LogP contribution in [0.5, 0.6) is 5.75 Å². The molecule has 1 N–H and O–H groups in total. The molecule has 0 aliphatic carbocycles. The van der Waals surface area contributed by atoms with Crippen molar-refractivity contribution in [1.82, 2.24) is 0 Å². The number of amides is 1. The molecule has 3 rings (SSSR count). The van der Waals surface area contributed by atoms with Crippen LogP contribution in [0, 0.1) is 5.82 Å². The molecule has 0 spiro atoms. The number of rotatable bonds is 4. The second-order valence-electron chi connectivity index (χ2n) is 4.92. The van der Waals surface area contributed by atoms with Crippen molar-refractivity contribution in [3.8, 4) is 5.75 Å². The summed E-state index contributed by atoms with van der Waals surface area (Å²) in [5.41, 5.74) is -0.157. The van der Waals surface area contributed by atoms with Crippen LogP contribution in [0.15, 0.2) is 57.7 Å². The summed E-state index contributed by atoms with van der Waals surface area (Å²) >= 11 is 5.76. The van der Waals surface area contributed by atoms with E-state index in [1.807, 2.05) is 0 Å². The molecule has 3 aromatic rings. The maximum absolute atomic E-state index is 13.5. The van der Waals surface area contributed by atoms with Gasteiger partial charge in [-0.2, -0.15) is 0 Å². The van der Waals surface area contributed by atoms with Crippen molar-refractivity contribution in [2.45, 2.75) is 0 Å². The molecule has 0 saturated heterocycles. The Bertz CT molecular complexity index is 970. The first-order valence-corrected chi connectivity index (χ1v) is 7.31. The van der Waals surface area contributed by atoms with Crippen molar-refractivity contribution in [1.29, 1.82) is 0 Å². The molecule has 0 fully saturated rings. The second-order valence-corrected chi connectivity index (χ2v) is 5.35. The van der Waals surface area contributed by atoms with Gasteiger partial charge in [0, 0.05) is 22.5 Å². The quantitative estimate of drug-likeness (QED) is 0.732. The highest BCUT2D eigenvalue weighted by molar-refractivity contribution is 6.30. The summed E-state index contributed by atoms with van der Waals surface area (Å²) in [4.78, 5) is 23.1. The molecule has 0 aliphatic rings. The van der Waals surface area contributed by atoms with Crippen LogP contribution < -0.4 is 15.7 Å². The number of hydrogen-bond donors (Lipinski definition) is 1. The number of carbonyl (C=O) groups excluding carboxylic acids is 1. The number of hydrogen-bond acceptors (Lipinski definition) is 4. The summed E-state index contributed by atoms with van der Waals surface area (Å²) in [6.45, 7) is -0.339. The Balaban J connectivity index is 1.67. The van der Waals surface area contributed by atoms with E-state index in [9.17, 15) is 14.0 Å². The van der Waals surface area contributed by atoms with E-state index in [2.05, 4.69) is 5.32 Å². The first kappa shape index (κ1) is 16.0. The van der Waals surface area contributed by atoms with E-state index in [0.29, 0.717) is 16.4 Å². The Morgan fingerprint density at radius 1 is 1.17 bits per heavy atom. The predicted molar refractivity (Wildman–Crippen MR) is 88.0 cm³/mol. The highest BCUT2D eigenvalue weighted by Crippen LogP contribution is 2.21. The standard InChI is InChI=1S/C17H11ClFNO4/c18-11-3-5-13(19)14(7-11)20-16(21)9-23-12-4-1-10-2-6-17(22)24-15(10)8-12/h1-8H,9H2,(H,20,21). The van der Waals surface area contributed by atoms with Gasteiger partial charge < -0.3 is 14.5 Å². The van der Waals surface area contributed by atoms with E-state index < -0.39 is 17.3 Å². The average molecular weight is 348 g/mol. The Labute approximate surface area is 140 Å². The van der Waals surface area contributed by atoms with Gasteiger partial charge in [-0.3, -0.25) is 4.79 Å². The minimum absolute atomic E-state index is 0.0272. The molecule has 0 radical (unpaired) electrons. The first-order chi connectivity index (χ1) is 11.5. The zero-order valence-electron chi connectivity index (χ0n) is 12.2. The fourth-order valence-corrected chi connectivity index (χ4v) is 2.23. The molecule has 0 unspecified atom stereocenters. The third-order valence-electron chi connectivity index (χ3n) is 3.17. The van der Waals surface area contributed by atoms with Crippen LogP contribution in [-0.2, 0) is 4.79 Å². The lowest BCUT2D eigenvalue weighted by atomic mass is 10.2. The van der Waals surface area contributed by atoms with Crippen molar-refractivity contribution in [2.24, 2.45) is 0 Å². The molecule has 0 saturated carbocycles. The molecule has 1 aromatic heterocycles. The Kier molecular flexibility index (Phi) is 4.48. The lowest BCUT2D eigenvalue weighted by molar-refractivity contribution is -0.118. The summed E-state index contributed by atoms with van der Waals surface area (Å²) < 4.78 is 23.9. The molecule has 24 heavy (non-hydrogen) atoms.